The van der Waals surface area contributed by atoms with Gasteiger partial charge in [0, 0.05) is 0 Å². The second kappa shape index (κ2) is 11.3. The summed E-state index contributed by atoms with van der Waals surface area (Å²) in [4.78, 5) is 0. The Labute approximate surface area is 199 Å². The standard InChI is InChI=1S/C29H28O5/c1-21(34-29-16-8-25(9-17-29)23-4-12-27(31)13-5-23)20-32-18-19-33-28-14-6-24(7-15-28)22-2-10-26(30)11-3-22/h2-17,21,30-31H,18-20H2,1H3. The molecule has 0 saturated heterocycles. The Balaban J connectivity index is 1.16. The zero-order valence-corrected chi connectivity index (χ0v) is 19.1. The summed E-state index contributed by atoms with van der Waals surface area (Å²) in [5.41, 5.74) is 4.20. The molecule has 1 atom stereocenters. The molecule has 0 aliphatic heterocycles. The van der Waals surface area contributed by atoms with Crippen molar-refractivity contribution in [1.82, 2.24) is 0 Å². The van der Waals surface area contributed by atoms with Crippen LogP contribution in [0.2, 0.25) is 0 Å². The molecule has 0 aliphatic carbocycles. The summed E-state index contributed by atoms with van der Waals surface area (Å²) in [5.74, 6) is 2.08. The number of phenolic OH excluding ortho intramolecular Hbond substituents is 2. The monoisotopic (exact) mass is 456 g/mol. The molecule has 174 valence electrons. The SMILES string of the molecule is CC(COCCOc1ccc(-c2ccc(O)cc2)cc1)Oc1ccc(-c2ccc(O)cc2)cc1. The lowest BCUT2D eigenvalue weighted by Gasteiger charge is -2.15. The molecule has 34 heavy (non-hydrogen) atoms. The molecule has 0 spiro atoms. The summed E-state index contributed by atoms with van der Waals surface area (Å²) in [6.07, 6.45) is -0.0934. The molecular weight excluding hydrogens is 428 g/mol. The van der Waals surface area contributed by atoms with Gasteiger partial charge in [0.25, 0.3) is 0 Å². The van der Waals surface area contributed by atoms with Crippen molar-refractivity contribution in [2.75, 3.05) is 19.8 Å². The third-order valence-corrected chi connectivity index (χ3v) is 5.30. The lowest BCUT2D eigenvalue weighted by Crippen LogP contribution is -2.21. The molecule has 2 N–H and O–H groups in total. The first-order valence-corrected chi connectivity index (χ1v) is 11.2. The lowest BCUT2D eigenvalue weighted by molar-refractivity contribution is 0.0432. The molecule has 5 nitrogen and oxygen atoms in total. The van der Waals surface area contributed by atoms with Gasteiger partial charge in [0.2, 0.25) is 0 Å². The van der Waals surface area contributed by atoms with Crippen molar-refractivity contribution in [3.8, 4) is 45.3 Å². The Hall–Kier alpha value is -3.96. The molecule has 1 unspecified atom stereocenters. The van der Waals surface area contributed by atoms with E-state index >= 15 is 0 Å². The first kappa shape index (κ1) is 23.2. The lowest BCUT2D eigenvalue weighted by atomic mass is 10.1. The van der Waals surface area contributed by atoms with Gasteiger partial charge in [0.15, 0.2) is 0 Å². The van der Waals surface area contributed by atoms with Crippen molar-refractivity contribution in [2.45, 2.75) is 13.0 Å². The molecule has 0 amide bonds. The minimum absolute atomic E-state index is 0.0934. The van der Waals surface area contributed by atoms with Gasteiger partial charge in [-0.15, -0.1) is 0 Å². The van der Waals surface area contributed by atoms with Gasteiger partial charge in [0.05, 0.1) is 13.2 Å². The Morgan fingerprint density at radius 1 is 0.559 bits per heavy atom. The molecule has 0 fully saturated rings. The first-order chi connectivity index (χ1) is 16.6. The minimum Gasteiger partial charge on any atom is -0.508 e. The number of aromatic hydroxyl groups is 2. The highest BCUT2D eigenvalue weighted by Crippen LogP contribution is 2.25. The molecule has 4 aromatic rings. The van der Waals surface area contributed by atoms with Crippen LogP contribution in [0.5, 0.6) is 23.0 Å². The number of benzene rings is 4. The molecule has 0 saturated carbocycles. The quantitative estimate of drug-likeness (QED) is 0.274. The molecule has 4 aromatic carbocycles. The van der Waals surface area contributed by atoms with Crippen molar-refractivity contribution in [3.63, 3.8) is 0 Å². The van der Waals surface area contributed by atoms with Crippen LogP contribution >= 0.6 is 0 Å². The maximum Gasteiger partial charge on any atom is 0.119 e. The van der Waals surface area contributed by atoms with Crippen LogP contribution in [0.15, 0.2) is 97.1 Å². The predicted molar refractivity (Wildman–Crippen MR) is 133 cm³/mol. The summed E-state index contributed by atoms with van der Waals surface area (Å²) >= 11 is 0. The molecule has 4 rings (SSSR count). The minimum atomic E-state index is -0.0934. The summed E-state index contributed by atoms with van der Waals surface area (Å²) in [7, 11) is 0. The highest BCUT2D eigenvalue weighted by Gasteiger charge is 2.06. The van der Waals surface area contributed by atoms with E-state index in [0.29, 0.717) is 19.8 Å². The van der Waals surface area contributed by atoms with Gasteiger partial charge < -0.3 is 24.4 Å². The predicted octanol–water partition coefficient (Wildman–Crippen LogP) is 6.29. The van der Waals surface area contributed by atoms with E-state index in [1.54, 1.807) is 24.3 Å². The van der Waals surface area contributed by atoms with Crippen molar-refractivity contribution in [3.05, 3.63) is 97.1 Å². The zero-order valence-electron chi connectivity index (χ0n) is 19.1. The van der Waals surface area contributed by atoms with Gasteiger partial charge in [-0.1, -0.05) is 48.5 Å². The van der Waals surface area contributed by atoms with Gasteiger partial charge in [-0.05, 0) is 77.7 Å². The van der Waals surface area contributed by atoms with E-state index < -0.39 is 0 Å². The largest absolute Gasteiger partial charge is 0.508 e. The highest BCUT2D eigenvalue weighted by atomic mass is 16.5. The van der Waals surface area contributed by atoms with Crippen LogP contribution in [0.25, 0.3) is 22.3 Å². The summed E-state index contributed by atoms with van der Waals surface area (Å²) in [6, 6.07) is 29.9. The van der Waals surface area contributed by atoms with Crippen LogP contribution in [-0.2, 0) is 4.74 Å². The van der Waals surface area contributed by atoms with Crippen molar-refractivity contribution in [1.29, 1.82) is 0 Å². The molecule has 0 aliphatic rings. The fourth-order valence-electron chi connectivity index (χ4n) is 3.51. The summed E-state index contributed by atoms with van der Waals surface area (Å²) in [6.45, 7) is 3.35. The van der Waals surface area contributed by atoms with Crippen LogP contribution in [0.1, 0.15) is 6.92 Å². The second-order valence-electron chi connectivity index (χ2n) is 7.99. The summed E-state index contributed by atoms with van der Waals surface area (Å²) < 4.78 is 17.4. The number of rotatable bonds is 10. The molecule has 0 heterocycles. The molecular formula is C29H28O5. The average Bonchev–Trinajstić information content (AvgIpc) is 2.86. The van der Waals surface area contributed by atoms with Gasteiger partial charge >= 0.3 is 0 Å². The number of hydrogen-bond donors (Lipinski definition) is 2. The van der Waals surface area contributed by atoms with E-state index in [9.17, 15) is 10.2 Å². The smallest absolute Gasteiger partial charge is 0.119 e. The Bertz CT molecular complexity index is 1150. The van der Waals surface area contributed by atoms with E-state index in [1.165, 1.54) is 0 Å². The van der Waals surface area contributed by atoms with Crippen molar-refractivity contribution < 1.29 is 24.4 Å². The van der Waals surface area contributed by atoms with Crippen molar-refractivity contribution in [2.24, 2.45) is 0 Å². The second-order valence-corrected chi connectivity index (χ2v) is 7.99. The third-order valence-electron chi connectivity index (χ3n) is 5.30. The summed E-state index contributed by atoms with van der Waals surface area (Å²) in [5, 5.41) is 18.8. The maximum atomic E-state index is 9.42. The van der Waals surface area contributed by atoms with E-state index in [4.69, 9.17) is 14.2 Å². The van der Waals surface area contributed by atoms with Gasteiger partial charge in [0.1, 0.15) is 35.7 Å². The van der Waals surface area contributed by atoms with Crippen LogP contribution in [-0.4, -0.2) is 36.1 Å². The maximum absolute atomic E-state index is 9.42. The average molecular weight is 457 g/mol. The highest BCUT2D eigenvalue weighted by molar-refractivity contribution is 5.65. The Kier molecular flexibility index (Phi) is 7.68. The van der Waals surface area contributed by atoms with Crippen LogP contribution in [0, 0.1) is 0 Å². The van der Waals surface area contributed by atoms with E-state index in [0.717, 1.165) is 33.8 Å². The Morgan fingerprint density at radius 2 is 0.971 bits per heavy atom. The molecule has 0 radical (unpaired) electrons. The number of phenols is 2. The molecule has 0 bridgehead atoms. The fraction of sp³-hybridized carbons (Fsp3) is 0.172. The van der Waals surface area contributed by atoms with Crippen LogP contribution in [0.3, 0.4) is 0 Å². The third kappa shape index (κ3) is 6.53. The van der Waals surface area contributed by atoms with Crippen LogP contribution in [0.4, 0.5) is 0 Å². The number of ether oxygens (including phenoxy) is 3. The molecule has 5 heteroatoms. The van der Waals surface area contributed by atoms with E-state index in [2.05, 4.69) is 0 Å². The molecule has 0 aromatic heterocycles. The Morgan fingerprint density at radius 3 is 1.44 bits per heavy atom. The normalized spacial score (nSPS) is 11.7. The topological polar surface area (TPSA) is 68.2 Å². The number of hydrogen-bond acceptors (Lipinski definition) is 5. The fourth-order valence-corrected chi connectivity index (χ4v) is 3.51. The van der Waals surface area contributed by atoms with Gasteiger partial charge in [-0.3, -0.25) is 0 Å². The van der Waals surface area contributed by atoms with E-state index in [-0.39, 0.29) is 17.6 Å². The van der Waals surface area contributed by atoms with Gasteiger partial charge in [-0.25, -0.2) is 0 Å². The van der Waals surface area contributed by atoms with Crippen LogP contribution < -0.4 is 9.47 Å². The van der Waals surface area contributed by atoms with Gasteiger partial charge in [-0.2, -0.15) is 0 Å². The van der Waals surface area contributed by atoms with E-state index in [1.807, 2.05) is 79.7 Å². The first-order valence-electron chi connectivity index (χ1n) is 11.2. The van der Waals surface area contributed by atoms with Crippen molar-refractivity contribution >= 4 is 0 Å². The zero-order chi connectivity index (χ0) is 23.8.